The molecule has 1 aromatic rings. The Labute approximate surface area is 96.3 Å². The van der Waals surface area contributed by atoms with Crippen molar-refractivity contribution in [2.24, 2.45) is 0 Å². The van der Waals surface area contributed by atoms with Crippen LogP contribution in [0.5, 0.6) is 11.5 Å². The molecule has 1 saturated heterocycles. The molecule has 1 fully saturated rings. The van der Waals surface area contributed by atoms with Crippen LogP contribution in [0.1, 0.15) is 19.8 Å². The van der Waals surface area contributed by atoms with Crippen LogP contribution in [-0.2, 0) is 4.74 Å². The molecule has 1 aliphatic heterocycles. The van der Waals surface area contributed by atoms with Crippen LogP contribution in [0.25, 0.3) is 0 Å². The van der Waals surface area contributed by atoms with Crippen LogP contribution in [0.15, 0.2) is 24.3 Å². The van der Waals surface area contributed by atoms with E-state index in [9.17, 15) is 0 Å². The van der Waals surface area contributed by atoms with Crippen molar-refractivity contribution in [2.75, 3.05) is 20.3 Å². The summed E-state index contributed by atoms with van der Waals surface area (Å²) in [4.78, 5) is 0. The van der Waals surface area contributed by atoms with E-state index in [1.54, 1.807) is 7.11 Å². The van der Waals surface area contributed by atoms with Gasteiger partial charge in [-0.2, -0.15) is 0 Å². The summed E-state index contributed by atoms with van der Waals surface area (Å²) < 4.78 is 16.1. The molecule has 0 amide bonds. The van der Waals surface area contributed by atoms with Gasteiger partial charge in [-0.15, -0.1) is 0 Å². The Kier molecular flexibility index (Phi) is 3.34. The van der Waals surface area contributed by atoms with Crippen molar-refractivity contribution in [3.8, 4) is 11.5 Å². The molecule has 3 heteroatoms. The van der Waals surface area contributed by atoms with Crippen molar-refractivity contribution >= 4 is 0 Å². The first kappa shape index (κ1) is 11.3. The van der Waals surface area contributed by atoms with Crippen LogP contribution in [0.2, 0.25) is 0 Å². The second-order valence-corrected chi connectivity index (χ2v) is 4.10. The summed E-state index contributed by atoms with van der Waals surface area (Å²) in [6.07, 6.45) is 2.04. The van der Waals surface area contributed by atoms with E-state index in [4.69, 9.17) is 14.2 Å². The fraction of sp³-hybridized carbons (Fsp3) is 0.538. The SMILES string of the molecule is CC[C@@]1(CCOc2ccc(OC)cc2)CO1. The molecule has 1 atom stereocenters. The highest BCUT2D eigenvalue weighted by Crippen LogP contribution is 2.34. The maximum Gasteiger partial charge on any atom is 0.119 e. The van der Waals surface area contributed by atoms with Crippen molar-refractivity contribution < 1.29 is 14.2 Å². The minimum atomic E-state index is 0.118. The first-order valence-electron chi connectivity index (χ1n) is 5.69. The number of methoxy groups -OCH3 is 1. The second-order valence-electron chi connectivity index (χ2n) is 4.10. The highest BCUT2D eigenvalue weighted by atomic mass is 16.6. The van der Waals surface area contributed by atoms with Gasteiger partial charge in [-0.1, -0.05) is 6.92 Å². The number of hydrogen-bond donors (Lipinski definition) is 0. The van der Waals surface area contributed by atoms with Crippen molar-refractivity contribution in [1.29, 1.82) is 0 Å². The first-order valence-corrected chi connectivity index (χ1v) is 5.69. The molecule has 0 spiro atoms. The van der Waals surface area contributed by atoms with E-state index in [0.717, 1.165) is 30.9 Å². The Morgan fingerprint density at radius 3 is 2.38 bits per heavy atom. The molecule has 0 aliphatic carbocycles. The maximum atomic E-state index is 5.65. The molecule has 1 heterocycles. The highest BCUT2D eigenvalue weighted by molar-refractivity contribution is 5.31. The Bertz CT molecular complexity index is 328. The second kappa shape index (κ2) is 4.74. The topological polar surface area (TPSA) is 31.0 Å². The summed E-state index contributed by atoms with van der Waals surface area (Å²) >= 11 is 0. The van der Waals surface area contributed by atoms with E-state index in [2.05, 4.69) is 6.92 Å². The van der Waals surface area contributed by atoms with Crippen LogP contribution in [0.4, 0.5) is 0 Å². The van der Waals surface area contributed by atoms with Crippen molar-refractivity contribution in [3.05, 3.63) is 24.3 Å². The first-order chi connectivity index (χ1) is 7.78. The summed E-state index contributed by atoms with van der Waals surface area (Å²) in [5.74, 6) is 1.73. The van der Waals surface area contributed by atoms with E-state index >= 15 is 0 Å². The normalized spacial score (nSPS) is 22.9. The molecule has 88 valence electrons. The molecule has 0 N–H and O–H groups in total. The number of ether oxygens (including phenoxy) is 3. The van der Waals surface area contributed by atoms with E-state index in [1.807, 2.05) is 24.3 Å². The van der Waals surface area contributed by atoms with E-state index < -0.39 is 0 Å². The number of rotatable bonds is 6. The third kappa shape index (κ3) is 2.67. The van der Waals surface area contributed by atoms with E-state index in [-0.39, 0.29) is 5.60 Å². The fourth-order valence-electron chi connectivity index (χ4n) is 1.65. The van der Waals surface area contributed by atoms with Gasteiger partial charge in [0.25, 0.3) is 0 Å². The molecule has 3 nitrogen and oxygen atoms in total. The predicted octanol–water partition coefficient (Wildman–Crippen LogP) is 2.64. The lowest BCUT2D eigenvalue weighted by Crippen LogP contribution is -2.14. The van der Waals surface area contributed by atoms with Gasteiger partial charge in [0, 0.05) is 6.42 Å². The van der Waals surface area contributed by atoms with E-state index in [0.29, 0.717) is 6.61 Å². The fourth-order valence-corrected chi connectivity index (χ4v) is 1.65. The summed E-state index contributed by atoms with van der Waals surface area (Å²) in [5, 5.41) is 0. The van der Waals surface area contributed by atoms with Gasteiger partial charge in [0.15, 0.2) is 0 Å². The van der Waals surface area contributed by atoms with Gasteiger partial charge in [0.05, 0.1) is 25.9 Å². The van der Waals surface area contributed by atoms with Gasteiger partial charge in [0.1, 0.15) is 11.5 Å². The molecule has 0 bridgehead atoms. The lowest BCUT2D eigenvalue weighted by atomic mass is 10.1. The van der Waals surface area contributed by atoms with Crippen LogP contribution in [0.3, 0.4) is 0 Å². The molecule has 16 heavy (non-hydrogen) atoms. The largest absolute Gasteiger partial charge is 0.497 e. The molecule has 1 aromatic carbocycles. The van der Waals surface area contributed by atoms with Crippen molar-refractivity contribution in [2.45, 2.75) is 25.4 Å². The molecule has 1 aliphatic rings. The molecule has 0 radical (unpaired) electrons. The molecule has 0 unspecified atom stereocenters. The van der Waals surface area contributed by atoms with Crippen molar-refractivity contribution in [1.82, 2.24) is 0 Å². The third-order valence-corrected chi connectivity index (χ3v) is 3.08. The minimum absolute atomic E-state index is 0.118. The predicted molar refractivity (Wildman–Crippen MR) is 62.1 cm³/mol. The lowest BCUT2D eigenvalue weighted by Gasteiger charge is -2.10. The van der Waals surface area contributed by atoms with Crippen LogP contribution >= 0.6 is 0 Å². The average molecular weight is 222 g/mol. The van der Waals surface area contributed by atoms with Crippen molar-refractivity contribution in [3.63, 3.8) is 0 Å². The van der Waals surface area contributed by atoms with Gasteiger partial charge in [-0.25, -0.2) is 0 Å². The van der Waals surface area contributed by atoms with E-state index in [1.165, 1.54) is 0 Å². The monoisotopic (exact) mass is 222 g/mol. The lowest BCUT2D eigenvalue weighted by molar-refractivity contribution is 0.222. The standard InChI is InChI=1S/C13H18O3/c1-3-13(10-16-13)8-9-15-12-6-4-11(14-2)5-7-12/h4-7H,3,8-10H2,1-2H3/t13-/m1/s1. The summed E-state index contributed by atoms with van der Waals surface area (Å²) in [5.41, 5.74) is 0.118. The summed E-state index contributed by atoms with van der Waals surface area (Å²) in [6.45, 7) is 3.75. The van der Waals surface area contributed by atoms with Gasteiger partial charge in [-0.05, 0) is 30.7 Å². The van der Waals surface area contributed by atoms with Gasteiger partial charge >= 0.3 is 0 Å². The van der Waals surface area contributed by atoms with Gasteiger partial charge in [-0.3, -0.25) is 0 Å². The minimum Gasteiger partial charge on any atom is -0.497 e. The Morgan fingerprint density at radius 2 is 1.88 bits per heavy atom. The zero-order valence-corrected chi connectivity index (χ0v) is 9.86. The molecule has 0 saturated carbocycles. The van der Waals surface area contributed by atoms with Crippen LogP contribution in [-0.4, -0.2) is 25.9 Å². The molecular weight excluding hydrogens is 204 g/mol. The smallest absolute Gasteiger partial charge is 0.119 e. The van der Waals surface area contributed by atoms with Crippen LogP contribution in [0, 0.1) is 0 Å². The highest BCUT2D eigenvalue weighted by Gasteiger charge is 2.42. The summed E-state index contributed by atoms with van der Waals surface area (Å²) in [7, 11) is 1.66. The molecule has 2 rings (SSSR count). The number of benzene rings is 1. The quantitative estimate of drug-likeness (QED) is 0.693. The molecule has 0 aromatic heterocycles. The maximum absolute atomic E-state index is 5.65. The average Bonchev–Trinajstić information content (AvgIpc) is 3.11. The van der Waals surface area contributed by atoms with Gasteiger partial charge in [0.2, 0.25) is 0 Å². The summed E-state index contributed by atoms with van der Waals surface area (Å²) in [6, 6.07) is 7.65. The van der Waals surface area contributed by atoms with Crippen LogP contribution < -0.4 is 9.47 Å². The zero-order chi connectivity index (χ0) is 11.4. The zero-order valence-electron chi connectivity index (χ0n) is 9.86. The van der Waals surface area contributed by atoms with Gasteiger partial charge < -0.3 is 14.2 Å². The Hall–Kier alpha value is -1.22. The third-order valence-electron chi connectivity index (χ3n) is 3.08. The Morgan fingerprint density at radius 1 is 1.25 bits per heavy atom. The Balaban J connectivity index is 1.76. The number of epoxide rings is 1. The number of hydrogen-bond acceptors (Lipinski definition) is 3. The molecular formula is C13H18O3.